The summed E-state index contributed by atoms with van der Waals surface area (Å²) < 4.78 is 31.9. The van der Waals surface area contributed by atoms with Crippen molar-refractivity contribution in [2.24, 2.45) is 0 Å². The standard InChI is InChI=1S/C33H37NO19/c1-13(29(44)51-17(27(40)41)11-20(35)36)49-30(45)18(52-31(46)24(39)23(38)28(42)43)12-21(37)50-16-6-7-33(47)19-10-14-4-5-15(48-3)25-22(14)32(33,26(16)53-25)8-9-34(19)2/h4-6,13,17-19,23-24,26,38-39,47H,7-12H2,1-3H3,(H,35,36)(H,40,41)(H,42,43)/t13-,17+,18-,19+,23+,24+,26-,32-,33+/m0/s1. The largest absolute Gasteiger partial charge is 0.493 e. The van der Waals surface area contributed by atoms with Crippen molar-refractivity contribution in [3.8, 4) is 11.5 Å². The fourth-order valence-corrected chi connectivity index (χ4v) is 7.43. The Labute approximate surface area is 299 Å². The van der Waals surface area contributed by atoms with Crippen LogP contribution in [0.15, 0.2) is 24.0 Å². The van der Waals surface area contributed by atoms with Crippen LogP contribution in [-0.4, -0.2) is 146 Å². The van der Waals surface area contributed by atoms with Crippen LogP contribution in [0.1, 0.15) is 43.7 Å². The molecule has 1 saturated heterocycles. The minimum atomic E-state index is -2.76. The van der Waals surface area contributed by atoms with E-state index in [2.05, 4.69) is 4.74 Å². The number of carboxylic acid groups (broad SMARTS) is 3. The zero-order valence-corrected chi connectivity index (χ0v) is 28.5. The minimum Gasteiger partial charge on any atom is -0.493 e. The van der Waals surface area contributed by atoms with Crippen molar-refractivity contribution in [3.63, 3.8) is 0 Å². The van der Waals surface area contributed by atoms with Gasteiger partial charge in [-0.25, -0.2) is 24.0 Å². The van der Waals surface area contributed by atoms with Crippen LogP contribution in [0.3, 0.4) is 0 Å². The maximum atomic E-state index is 13.5. The molecule has 0 radical (unpaired) electrons. The number of aliphatic hydroxyl groups excluding tert-OH is 2. The summed E-state index contributed by atoms with van der Waals surface area (Å²) in [6, 6.07) is 3.27. The Morgan fingerprint density at radius 1 is 0.925 bits per heavy atom. The summed E-state index contributed by atoms with van der Waals surface area (Å²) in [7, 11) is 3.33. The number of likely N-dealkylation sites (N-methyl/N-ethyl adjacent to an activating group) is 1. The topological polar surface area (TPSA) is 299 Å². The number of esters is 4. The van der Waals surface area contributed by atoms with Crippen LogP contribution in [0.4, 0.5) is 0 Å². The molecule has 2 aliphatic heterocycles. The minimum absolute atomic E-state index is 0.0130. The van der Waals surface area contributed by atoms with Crippen LogP contribution in [0.5, 0.6) is 11.5 Å². The van der Waals surface area contributed by atoms with Gasteiger partial charge < -0.3 is 64.0 Å². The first kappa shape index (κ1) is 38.9. The average molecular weight is 752 g/mol. The number of benzene rings is 1. The molecule has 1 fully saturated rings. The Bertz CT molecular complexity index is 1760. The molecular formula is C33H37NO19. The highest BCUT2D eigenvalue weighted by Crippen LogP contribution is 2.65. The van der Waals surface area contributed by atoms with Gasteiger partial charge in [0.05, 0.1) is 31.0 Å². The Balaban J connectivity index is 1.38. The van der Waals surface area contributed by atoms with Crippen molar-refractivity contribution in [1.29, 1.82) is 0 Å². The van der Waals surface area contributed by atoms with E-state index in [1.54, 1.807) is 6.07 Å². The van der Waals surface area contributed by atoms with E-state index in [-0.39, 0.29) is 18.2 Å². The predicted octanol–water partition coefficient (Wildman–Crippen LogP) is -1.97. The molecule has 0 unspecified atom stereocenters. The van der Waals surface area contributed by atoms with E-state index in [1.165, 1.54) is 13.2 Å². The summed E-state index contributed by atoms with van der Waals surface area (Å²) in [5.41, 5.74) is -0.855. The monoisotopic (exact) mass is 751 g/mol. The first-order chi connectivity index (χ1) is 24.9. The Morgan fingerprint density at radius 3 is 2.23 bits per heavy atom. The third kappa shape index (κ3) is 6.85. The molecule has 2 aliphatic carbocycles. The number of carboxylic acids is 3. The molecule has 20 heteroatoms. The molecule has 20 nitrogen and oxygen atoms in total. The maximum absolute atomic E-state index is 13.5. The van der Waals surface area contributed by atoms with Crippen LogP contribution in [0.25, 0.3) is 0 Å². The average Bonchev–Trinajstić information content (AvgIpc) is 3.45. The molecule has 53 heavy (non-hydrogen) atoms. The van der Waals surface area contributed by atoms with E-state index in [0.29, 0.717) is 36.4 Å². The molecule has 6 N–H and O–H groups in total. The van der Waals surface area contributed by atoms with Gasteiger partial charge in [-0.05, 0) is 51.1 Å². The Morgan fingerprint density at radius 2 is 1.60 bits per heavy atom. The van der Waals surface area contributed by atoms with Gasteiger partial charge in [0, 0.05) is 18.0 Å². The summed E-state index contributed by atoms with van der Waals surface area (Å²) in [5, 5.41) is 58.9. The van der Waals surface area contributed by atoms with Crippen LogP contribution >= 0.6 is 0 Å². The molecule has 0 aromatic heterocycles. The lowest BCUT2D eigenvalue weighted by Gasteiger charge is -2.61. The Hall–Kier alpha value is -5.31. The van der Waals surface area contributed by atoms with Crippen molar-refractivity contribution in [2.45, 2.75) is 92.7 Å². The lowest BCUT2D eigenvalue weighted by Crippen LogP contribution is -2.74. The highest BCUT2D eigenvalue weighted by Gasteiger charge is 2.72. The number of likely N-dealkylation sites (tertiary alicyclic amines) is 1. The number of ether oxygens (including phenoxy) is 6. The number of aliphatic carboxylic acids is 3. The third-order valence-electron chi connectivity index (χ3n) is 9.98. The number of carbonyl (C=O) groups is 7. The molecule has 5 rings (SSSR count). The van der Waals surface area contributed by atoms with Crippen molar-refractivity contribution in [3.05, 3.63) is 35.1 Å². The first-order valence-electron chi connectivity index (χ1n) is 16.2. The SMILES string of the molecule is COc1ccc2c3c1O[C@H]1C(OC(=O)C[C@H](OC(=O)[C@H](O)[C@@H](O)C(=O)O)C(=O)O[C@@H](C)C(=O)O[C@H](CC(=O)O)C(=O)O)=CC[C@@]4(O)[C@@H](C2)N(C)CC[C@]314. The summed E-state index contributed by atoms with van der Waals surface area (Å²) >= 11 is 0. The third-order valence-corrected chi connectivity index (χ3v) is 9.98. The fourth-order valence-electron chi connectivity index (χ4n) is 7.43. The van der Waals surface area contributed by atoms with E-state index in [9.17, 15) is 48.9 Å². The second kappa shape index (κ2) is 14.6. The lowest BCUT2D eigenvalue weighted by atomic mass is 9.50. The number of rotatable bonds is 15. The lowest BCUT2D eigenvalue weighted by molar-refractivity contribution is -0.189. The summed E-state index contributed by atoms with van der Waals surface area (Å²) in [5.74, 6) is -11.2. The zero-order valence-electron chi connectivity index (χ0n) is 28.5. The molecule has 1 aromatic rings. The number of hydrogen-bond acceptors (Lipinski definition) is 17. The van der Waals surface area contributed by atoms with Crippen molar-refractivity contribution in [1.82, 2.24) is 4.90 Å². The van der Waals surface area contributed by atoms with Gasteiger partial charge in [0.15, 0.2) is 35.9 Å². The van der Waals surface area contributed by atoms with Crippen LogP contribution in [0, 0.1) is 0 Å². The number of aliphatic hydroxyl groups is 3. The fraction of sp³-hybridized carbons (Fsp3) is 0.545. The molecule has 9 atom stereocenters. The smallest absolute Gasteiger partial charge is 0.348 e. The summed E-state index contributed by atoms with van der Waals surface area (Å²) in [6.07, 6.45) is -13.1. The van der Waals surface area contributed by atoms with Gasteiger partial charge in [0.2, 0.25) is 12.2 Å². The van der Waals surface area contributed by atoms with Crippen LogP contribution < -0.4 is 9.47 Å². The van der Waals surface area contributed by atoms with E-state index < -0.39 is 102 Å². The molecule has 0 saturated carbocycles. The number of nitrogens with zero attached hydrogens (tertiary/aromatic N) is 1. The van der Waals surface area contributed by atoms with Gasteiger partial charge in [-0.3, -0.25) is 9.59 Å². The molecular weight excluding hydrogens is 714 g/mol. The highest BCUT2D eigenvalue weighted by molar-refractivity contribution is 5.90. The highest BCUT2D eigenvalue weighted by atomic mass is 16.6. The molecule has 2 bridgehead atoms. The molecule has 2 heterocycles. The van der Waals surface area contributed by atoms with Crippen LogP contribution in [-0.2, 0) is 64.3 Å². The van der Waals surface area contributed by atoms with Crippen molar-refractivity contribution >= 4 is 41.8 Å². The first-order valence-corrected chi connectivity index (χ1v) is 16.2. The normalized spacial score (nSPS) is 26.5. The zero-order chi connectivity index (χ0) is 39.2. The van der Waals surface area contributed by atoms with E-state index >= 15 is 0 Å². The maximum Gasteiger partial charge on any atom is 0.348 e. The van der Waals surface area contributed by atoms with Gasteiger partial charge in [-0.2, -0.15) is 0 Å². The van der Waals surface area contributed by atoms with Crippen molar-refractivity contribution in [2.75, 3.05) is 20.7 Å². The molecule has 288 valence electrons. The Kier molecular flexibility index (Phi) is 10.7. The second-order valence-corrected chi connectivity index (χ2v) is 13.1. The predicted molar refractivity (Wildman–Crippen MR) is 167 cm³/mol. The molecule has 0 amide bonds. The second-order valence-electron chi connectivity index (χ2n) is 13.1. The summed E-state index contributed by atoms with van der Waals surface area (Å²) in [6.45, 7) is 1.42. The number of piperidine rings is 1. The van der Waals surface area contributed by atoms with E-state index in [1.807, 2.05) is 18.0 Å². The van der Waals surface area contributed by atoms with Crippen LogP contribution in [0.2, 0.25) is 0 Å². The van der Waals surface area contributed by atoms with E-state index in [0.717, 1.165) is 12.5 Å². The number of hydrogen-bond donors (Lipinski definition) is 6. The molecule has 1 aromatic carbocycles. The summed E-state index contributed by atoms with van der Waals surface area (Å²) in [4.78, 5) is 87.1. The quantitative estimate of drug-likeness (QED) is 0.0836. The molecule has 4 aliphatic rings. The van der Waals surface area contributed by atoms with Gasteiger partial charge >= 0.3 is 41.8 Å². The van der Waals surface area contributed by atoms with E-state index in [4.69, 9.17) is 39.0 Å². The number of methoxy groups -OCH3 is 1. The number of carbonyl (C=O) groups excluding carboxylic acids is 4. The van der Waals surface area contributed by atoms with Gasteiger partial charge in [-0.1, -0.05) is 6.07 Å². The van der Waals surface area contributed by atoms with Gasteiger partial charge in [-0.15, -0.1) is 0 Å². The molecule has 1 spiro atoms. The van der Waals surface area contributed by atoms with Gasteiger partial charge in [0.1, 0.15) is 5.76 Å². The van der Waals surface area contributed by atoms with Gasteiger partial charge in [0.25, 0.3) is 0 Å². The van der Waals surface area contributed by atoms with Crippen molar-refractivity contribution < 1.29 is 92.6 Å².